The molecule has 0 aliphatic carbocycles. The molecule has 172 valence electrons. The van der Waals surface area contributed by atoms with Gasteiger partial charge in [0.2, 0.25) is 5.91 Å². The molecule has 1 heterocycles. The Bertz CT molecular complexity index is 637. The molecule has 29 heavy (non-hydrogen) atoms. The molecule has 1 aliphatic heterocycles. The summed E-state index contributed by atoms with van der Waals surface area (Å²) in [5, 5.41) is 22.9. The normalized spacial score (nSPS) is 17.8. The number of nitrogens with one attached hydrogen (secondary N) is 1. The Balaban J connectivity index is 0.00000784. The standard InChI is InChI=1S/C17H32N2O8S.ClH/c1-14(20)18-6-4-12-28(24,25)27-13-16(2,3)17(23,15(21)22)5-7-19-8-10-26-11-9-19;/h23H,4-13H2,1-3H3,(H,18,20)(H,21,22);1H/t17-;/m0./s1. The average molecular weight is 461 g/mol. The van der Waals surface area contributed by atoms with E-state index in [9.17, 15) is 28.2 Å². The first-order valence-corrected chi connectivity index (χ1v) is 10.8. The van der Waals surface area contributed by atoms with Gasteiger partial charge in [-0.15, -0.1) is 12.4 Å². The minimum absolute atomic E-state index is 0. The summed E-state index contributed by atoms with van der Waals surface area (Å²) in [7, 11) is -3.92. The smallest absolute Gasteiger partial charge is 0.336 e. The van der Waals surface area contributed by atoms with E-state index in [0.717, 1.165) is 0 Å². The molecule has 0 aromatic carbocycles. The lowest BCUT2D eigenvalue weighted by Crippen LogP contribution is -2.55. The van der Waals surface area contributed by atoms with Gasteiger partial charge in [-0.05, 0) is 6.42 Å². The van der Waals surface area contributed by atoms with Crippen LogP contribution in [0, 0.1) is 5.41 Å². The molecule has 1 fully saturated rings. The molecular weight excluding hydrogens is 428 g/mol. The highest BCUT2D eigenvalue weighted by Crippen LogP contribution is 2.35. The number of ether oxygens (including phenoxy) is 1. The van der Waals surface area contributed by atoms with Crippen LogP contribution < -0.4 is 5.32 Å². The molecule has 1 rings (SSSR count). The Hall–Kier alpha value is -0.980. The maximum atomic E-state index is 12.0. The third-order valence-electron chi connectivity index (χ3n) is 4.91. The Morgan fingerprint density at radius 1 is 1.24 bits per heavy atom. The number of carbonyl (C=O) groups excluding carboxylic acids is 1. The fraction of sp³-hybridized carbons (Fsp3) is 0.882. The number of halogens is 1. The zero-order valence-electron chi connectivity index (χ0n) is 17.2. The van der Waals surface area contributed by atoms with Crippen molar-refractivity contribution in [3.8, 4) is 0 Å². The van der Waals surface area contributed by atoms with Gasteiger partial charge in [0, 0.05) is 44.9 Å². The number of carboxylic acid groups (broad SMARTS) is 1. The maximum absolute atomic E-state index is 12.0. The van der Waals surface area contributed by atoms with E-state index in [1.807, 2.05) is 4.90 Å². The Morgan fingerprint density at radius 3 is 2.34 bits per heavy atom. The second-order valence-corrected chi connectivity index (χ2v) is 9.37. The van der Waals surface area contributed by atoms with Crippen molar-refractivity contribution in [2.45, 2.75) is 39.2 Å². The third kappa shape index (κ3) is 9.14. The molecule has 0 unspecified atom stereocenters. The van der Waals surface area contributed by atoms with Crippen molar-refractivity contribution in [2.24, 2.45) is 5.41 Å². The molecule has 10 nitrogen and oxygen atoms in total. The van der Waals surface area contributed by atoms with Crippen molar-refractivity contribution < 1.29 is 37.1 Å². The number of aliphatic hydroxyl groups is 1. The Morgan fingerprint density at radius 2 is 1.83 bits per heavy atom. The van der Waals surface area contributed by atoms with Crippen molar-refractivity contribution in [3.05, 3.63) is 0 Å². The lowest BCUT2D eigenvalue weighted by molar-refractivity contribution is -0.178. The highest BCUT2D eigenvalue weighted by Gasteiger charge is 2.50. The van der Waals surface area contributed by atoms with Crippen LogP contribution in [0.15, 0.2) is 0 Å². The summed E-state index contributed by atoms with van der Waals surface area (Å²) in [5.74, 6) is -1.99. The lowest BCUT2D eigenvalue weighted by atomic mass is 9.73. The average Bonchev–Trinajstić information content (AvgIpc) is 2.62. The number of amides is 1. The van der Waals surface area contributed by atoms with Gasteiger partial charge in [0.1, 0.15) is 0 Å². The molecule has 0 bridgehead atoms. The predicted octanol–water partition coefficient (Wildman–Crippen LogP) is -0.155. The number of rotatable bonds is 12. The van der Waals surface area contributed by atoms with Gasteiger partial charge >= 0.3 is 5.97 Å². The topological polar surface area (TPSA) is 142 Å². The Kier molecular flexibility index (Phi) is 11.6. The van der Waals surface area contributed by atoms with Crippen LogP contribution in [0.5, 0.6) is 0 Å². The summed E-state index contributed by atoms with van der Waals surface area (Å²) in [6.07, 6.45) is 0.101. The lowest BCUT2D eigenvalue weighted by Gasteiger charge is -2.40. The second kappa shape index (κ2) is 12.0. The van der Waals surface area contributed by atoms with E-state index in [-0.39, 0.29) is 43.5 Å². The van der Waals surface area contributed by atoms with Gasteiger partial charge in [-0.25, -0.2) is 4.79 Å². The van der Waals surface area contributed by atoms with Crippen LogP contribution in [0.3, 0.4) is 0 Å². The van der Waals surface area contributed by atoms with Crippen LogP contribution >= 0.6 is 12.4 Å². The highest BCUT2D eigenvalue weighted by atomic mass is 35.5. The molecule has 0 spiro atoms. The summed E-state index contributed by atoms with van der Waals surface area (Å²) in [4.78, 5) is 24.6. The van der Waals surface area contributed by atoms with Crippen LogP contribution in [-0.4, -0.2) is 92.8 Å². The number of carboxylic acids is 1. The molecule has 0 aromatic heterocycles. The van der Waals surface area contributed by atoms with E-state index in [1.54, 1.807) is 0 Å². The van der Waals surface area contributed by atoms with Crippen molar-refractivity contribution >= 4 is 34.4 Å². The zero-order valence-corrected chi connectivity index (χ0v) is 18.8. The molecule has 0 aromatic rings. The SMILES string of the molecule is CC(=O)NCCCS(=O)(=O)OCC(C)(C)[C@](O)(CCN1CCOCC1)C(=O)O.Cl. The number of carbonyl (C=O) groups is 2. The highest BCUT2D eigenvalue weighted by molar-refractivity contribution is 7.86. The van der Waals surface area contributed by atoms with E-state index >= 15 is 0 Å². The molecule has 1 saturated heterocycles. The van der Waals surface area contributed by atoms with Crippen molar-refractivity contribution in [1.82, 2.24) is 10.2 Å². The van der Waals surface area contributed by atoms with E-state index in [2.05, 4.69) is 5.32 Å². The summed E-state index contributed by atoms with van der Waals surface area (Å²) >= 11 is 0. The maximum Gasteiger partial charge on any atom is 0.336 e. The summed E-state index contributed by atoms with van der Waals surface area (Å²) in [6, 6.07) is 0. The van der Waals surface area contributed by atoms with Crippen molar-refractivity contribution in [1.29, 1.82) is 0 Å². The number of nitrogens with zero attached hydrogens (tertiary/aromatic N) is 1. The zero-order chi connectivity index (χ0) is 21.4. The largest absolute Gasteiger partial charge is 0.479 e. The molecule has 12 heteroatoms. The van der Waals surface area contributed by atoms with Gasteiger partial charge < -0.3 is 20.3 Å². The van der Waals surface area contributed by atoms with Crippen LogP contribution in [0.4, 0.5) is 0 Å². The summed E-state index contributed by atoms with van der Waals surface area (Å²) < 4.78 is 34.3. The van der Waals surface area contributed by atoms with Crippen LogP contribution in [0.1, 0.15) is 33.6 Å². The van der Waals surface area contributed by atoms with Crippen LogP contribution in [0.2, 0.25) is 0 Å². The number of aliphatic carboxylic acids is 1. The van der Waals surface area contributed by atoms with Gasteiger partial charge in [-0.2, -0.15) is 8.42 Å². The van der Waals surface area contributed by atoms with Crippen molar-refractivity contribution in [2.75, 3.05) is 51.8 Å². The van der Waals surface area contributed by atoms with Gasteiger partial charge in [0.15, 0.2) is 5.60 Å². The van der Waals surface area contributed by atoms with Gasteiger partial charge in [-0.1, -0.05) is 13.8 Å². The third-order valence-corrected chi connectivity index (χ3v) is 6.18. The second-order valence-electron chi connectivity index (χ2n) is 7.61. The minimum atomic E-state index is -3.92. The molecule has 3 N–H and O–H groups in total. The first-order valence-electron chi connectivity index (χ1n) is 9.27. The molecular formula is C17H33ClN2O8S. The molecule has 1 amide bonds. The monoisotopic (exact) mass is 460 g/mol. The first-order chi connectivity index (χ1) is 12.9. The van der Waals surface area contributed by atoms with E-state index in [1.165, 1.54) is 20.8 Å². The molecule has 1 atom stereocenters. The Labute approximate surface area is 178 Å². The molecule has 0 saturated carbocycles. The van der Waals surface area contributed by atoms with E-state index in [4.69, 9.17) is 8.92 Å². The predicted molar refractivity (Wildman–Crippen MR) is 109 cm³/mol. The van der Waals surface area contributed by atoms with Crippen LogP contribution in [-0.2, 0) is 28.6 Å². The molecule has 1 aliphatic rings. The fourth-order valence-electron chi connectivity index (χ4n) is 2.81. The van der Waals surface area contributed by atoms with Gasteiger partial charge in [0.25, 0.3) is 10.1 Å². The first kappa shape index (κ1) is 28.0. The minimum Gasteiger partial charge on any atom is -0.479 e. The van der Waals surface area contributed by atoms with Gasteiger partial charge in [0.05, 0.1) is 25.6 Å². The fourth-order valence-corrected chi connectivity index (χ4v) is 3.90. The van der Waals surface area contributed by atoms with E-state index < -0.39 is 33.7 Å². The summed E-state index contributed by atoms with van der Waals surface area (Å²) in [6.45, 7) is 6.73. The quantitative estimate of drug-likeness (QED) is 0.267. The van der Waals surface area contributed by atoms with Crippen LogP contribution in [0.25, 0.3) is 0 Å². The van der Waals surface area contributed by atoms with Crippen molar-refractivity contribution in [3.63, 3.8) is 0 Å². The van der Waals surface area contributed by atoms with Gasteiger partial charge in [-0.3, -0.25) is 13.9 Å². The number of morpholine rings is 1. The number of hydrogen-bond acceptors (Lipinski definition) is 8. The number of hydrogen-bond donors (Lipinski definition) is 3. The molecule has 0 radical (unpaired) electrons. The van der Waals surface area contributed by atoms with E-state index in [0.29, 0.717) is 32.8 Å². The summed E-state index contributed by atoms with van der Waals surface area (Å²) in [5.41, 5.74) is -3.51.